The van der Waals surface area contributed by atoms with Crippen LogP contribution in [0, 0.1) is 0 Å². The summed E-state index contributed by atoms with van der Waals surface area (Å²) in [4.78, 5) is 22.0. The number of rotatable bonds is 9. The van der Waals surface area contributed by atoms with E-state index in [1.54, 1.807) is 6.08 Å². The Morgan fingerprint density at radius 2 is 2.06 bits per heavy atom. The zero-order valence-corrected chi connectivity index (χ0v) is 12.1. The van der Waals surface area contributed by atoms with E-state index in [9.17, 15) is 9.59 Å². The second kappa shape index (κ2) is 12.5. The lowest BCUT2D eigenvalue weighted by molar-refractivity contribution is -0.118. The van der Waals surface area contributed by atoms with Crippen LogP contribution in [0.25, 0.3) is 0 Å². The molecule has 0 aliphatic carbocycles. The van der Waals surface area contributed by atoms with E-state index in [1.807, 2.05) is 6.08 Å². The molecule has 0 radical (unpaired) electrons. The monoisotopic (exact) mass is 269 g/mol. The van der Waals surface area contributed by atoms with Crippen LogP contribution in [-0.2, 0) is 9.59 Å². The lowest BCUT2D eigenvalue weighted by Crippen LogP contribution is -2.22. The molecule has 0 fully saturated rings. The van der Waals surface area contributed by atoms with Crippen LogP contribution < -0.4 is 5.32 Å². The SMILES string of the molecule is CCCCCC=C=CCC(=O)SCCNC(C)=O. The van der Waals surface area contributed by atoms with Crippen LogP contribution in [-0.4, -0.2) is 23.3 Å². The maximum atomic E-state index is 11.4. The zero-order valence-electron chi connectivity index (χ0n) is 11.3. The fraction of sp³-hybridized carbons (Fsp3) is 0.643. The standard InChI is InChI=1S/C14H23NO2S/c1-3-4-5-6-7-8-9-10-14(17)18-12-11-15-13(2)16/h7,9H,3-6,10-12H2,1-2H3,(H,15,16). The molecule has 18 heavy (non-hydrogen) atoms. The van der Waals surface area contributed by atoms with E-state index >= 15 is 0 Å². The van der Waals surface area contributed by atoms with Crippen molar-refractivity contribution in [3.05, 3.63) is 17.9 Å². The molecule has 0 heterocycles. The fourth-order valence-corrected chi connectivity index (χ4v) is 1.89. The lowest BCUT2D eigenvalue weighted by atomic mass is 10.2. The number of allylic oxidation sites excluding steroid dienone is 1. The first-order valence-electron chi connectivity index (χ1n) is 6.46. The van der Waals surface area contributed by atoms with Gasteiger partial charge in [0.05, 0.1) is 0 Å². The van der Waals surface area contributed by atoms with E-state index in [1.165, 1.54) is 37.9 Å². The van der Waals surface area contributed by atoms with E-state index < -0.39 is 0 Å². The highest BCUT2D eigenvalue weighted by molar-refractivity contribution is 8.13. The summed E-state index contributed by atoms with van der Waals surface area (Å²) in [6, 6.07) is 0. The van der Waals surface area contributed by atoms with Gasteiger partial charge in [-0.1, -0.05) is 31.5 Å². The number of carbonyl (C=O) groups excluding carboxylic acids is 2. The highest BCUT2D eigenvalue weighted by Gasteiger charge is 1.99. The third-order valence-corrected chi connectivity index (χ3v) is 3.09. The Morgan fingerprint density at radius 3 is 2.72 bits per heavy atom. The predicted molar refractivity (Wildman–Crippen MR) is 77.6 cm³/mol. The normalized spacial score (nSPS) is 9.44. The molecule has 1 amide bonds. The van der Waals surface area contributed by atoms with Gasteiger partial charge in [0.15, 0.2) is 5.12 Å². The highest BCUT2D eigenvalue weighted by atomic mass is 32.2. The topological polar surface area (TPSA) is 46.2 Å². The number of nitrogens with one attached hydrogen (secondary N) is 1. The zero-order chi connectivity index (χ0) is 13.6. The number of hydrogen-bond acceptors (Lipinski definition) is 3. The van der Waals surface area contributed by atoms with E-state index in [4.69, 9.17) is 0 Å². The van der Waals surface area contributed by atoms with Crippen LogP contribution in [0.2, 0.25) is 0 Å². The third-order valence-electron chi connectivity index (χ3n) is 2.20. The van der Waals surface area contributed by atoms with E-state index in [0.29, 0.717) is 18.7 Å². The summed E-state index contributed by atoms with van der Waals surface area (Å²) < 4.78 is 0. The summed E-state index contributed by atoms with van der Waals surface area (Å²) in [5.41, 5.74) is 3.03. The Morgan fingerprint density at radius 1 is 1.28 bits per heavy atom. The second-order valence-corrected chi connectivity index (χ2v) is 5.13. The summed E-state index contributed by atoms with van der Waals surface area (Å²) >= 11 is 1.25. The van der Waals surface area contributed by atoms with Crippen LogP contribution in [0.3, 0.4) is 0 Å². The first kappa shape index (κ1) is 17.0. The lowest BCUT2D eigenvalue weighted by Gasteiger charge is -1.99. The molecule has 0 aliphatic rings. The van der Waals surface area contributed by atoms with Crippen LogP contribution in [0.1, 0.15) is 46.0 Å². The maximum absolute atomic E-state index is 11.4. The van der Waals surface area contributed by atoms with Gasteiger partial charge in [0, 0.05) is 25.6 Å². The molecular weight excluding hydrogens is 246 g/mol. The Hall–Kier alpha value is -0.990. The molecule has 0 aromatic carbocycles. The second-order valence-electron chi connectivity index (χ2n) is 3.98. The number of hydrogen-bond donors (Lipinski definition) is 1. The Kier molecular flexibility index (Phi) is 11.8. The summed E-state index contributed by atoms with van der Waals surface area (Å²) in [5.74, 6) is 0.574. The number of amides is 1. The number of unbranched alkanes of at least 4 members (excludes halogenated alkanes) is 3. The minimum absolute atomic E-state index is 0.0574. The van der Waals surface area contributed by atoms with Crippen LogP contribution >= 0.6 is 11.8 Å². The minimum Gasteiger partial charge on any atom is -0.356 e. The molecule has 0 atom stereocenters. The van der Waals surface area contributed by atoms with Crippen molar-refractivity contribution in [2.24, 2.45) is 0 Å². The van der Waals surface area contributed by atoms with Crippen molar-refractivity contribution >= 4 is 22.8 Å². The molecule has 0 rings (SSSR count). The van der Waals surface area contributed by atoms with E-state index in [-0.39, 0.29) is 11.0 Å². The fourth-order valence-electron chi connectivity index (χ4n) is 1.26. The molecule has 0 aromatic rings. The molecule has 0 aromatic heterocycles. The van der Waals surface area contributed by atoms with Crippen molar-refractivity contribution in [3.8, 4) is 0 Å². The van der Waals surface area contributed by atoms with Crippen LogP contribution in [0.15, 0.2) is 17.9 Å². The van der Waals surface area contributed by atoms with Gasteiger partial charge in [-0.15, -0.1) is 5.73 Å². The minimum atomic E-state index is -0.0574. The Bertz CT molecular complexity index is 307. The predicted octanol–water partition coefficient (Wildman–Crippen LogP) is 3.06. The average Bonchev–Trinajstić information content (AvgIpc) is 2.33. The summed E-state index contributed by atoms with van der Waals surface area (Å²) in [6.45, 7) is 4.19. The molecule has 0 spiro atoms. The van der Waals surface area contributed by atoms with Gasteiger partial charge in [-0.05, 0) is 25.0 Å². The van der Waals surface area contributed by atoms with Gasteiger partial charge in [-0.25, -0.2) is 0 Å². The van der Waals surface area contributed by atoms with Crippen molar-refractivity contribution in [3.63, 3.8) is 0 Å². The van der Waals surface area contributed by atoms with Gasteiger partial charge in [0.2, 0.25) is 5.91 Å². The largest absolute Gasteiger partial charge is 0.356 e. The molecule has 0 saturated heterocycles. The van der Waals surface area contributed by atoms with Crippen molar-refractivity contribution < 1.29 is 9.59 Å². The molecule has 3 nitrogen and oxygen atoms in total. The van der Waals surface area contributed by atoms with Crippen molar-refractivity contribution in [2.75, 3.05) is 12.3 Å². The molecular formula is C14H23NO2S. The van der Waals surface area contributed by atoms with Gasteiger partial charge in [-0.3, -0.25) is 9.59 Å². The number of thioether (sulfide) groups is 1. The molecule has 0 aliphatic heterocycles. The van der Waals surface area contributed by atoms with Crippen molar-refractivity contribution in [1.29, 1.82) is 0 Å². The molecule has 0 unspecified atom stereocenters. The van der Waals surface area contributed by atoms with Crippen molar-refractivity contribution in [2.45, 2.75) is 46.0 Å². The third kappa shape index (κ3) is 13.1. The molecule has 1 N–H and O–H groups in total. The molecule has 0 saturated carbocycles. The van der Waals surface area contributed by atoms with Crippen LogP contribution in [0.5, 0.6) is 0 Å². The first-order chi connectivity index (χ1) is 8.66. The summed E-state index contributed by atoms with van der Waals surface area (Å²) in [5, 5.41) is 2.77. The Balaban J connectivity index is 3.51. The number of carbonyl (C=O) groups is 2. The molecule has 4 heteroatoms. The van der Waals surface area contributed by atoms with Gasteiger partial charge in [0.1, 0.15) is 0 Å². The average molecular weight is 269 g/mol. The quantitative estimate of drug-likeness (QED) is 0.517. The maximum Gasteiger partial charge on any atom is 0.216 e. The highest BCUT2D eigenvalue weighted by Crippen LogP contribution is 2.04. The van der Waals surface area contributed by atoms with Crippen molar-refractivity contribution in [1.82, 2.24) is 5.32 Å². The van der Waals surface area contributed by atoms with Gasteiger partial charge >= 0.3 is 0 Å². The molecule has 0 bridgehead atoms. The first-order valence-corrected chi connectivity index (χ1v) is 7.44. The van der Waals surface area contributed by atoms with Gasteiger partial charge < -0.3 is 5.32 Å². The van der Waals surface area contributed by atoms with E-state index in [2.05, 4.69) is 18.0 Å². The van der Waals surface area contributed by atoms with E-state index in [0.717, 1.165) is 6.42 Å². The Labute approximate surface area is 114 Å². The molecule has 102 valence electrons. The van der Waals surface area contributed by atoms with Gasteiger partial charge in [0.25, 0.3) is 0 Å². The van der Waals surface area contributed by atoms with Crippen LogP contribution in [0.4, 0.5) is 0 Å². The van der Waals surface area contributed by atoms with Gasteiger partial charge in [-0.2, -0.15) is 0 Å². The smallest absolute Gasteiger partial charge is 0.216 e. The summed E-state index contributed by atoms with van der Waals surface area (Å²) in [7, 11) is 0. The summed E-state index contributed by atoms with van der Waals surface area (Å²) in [6.07, 6.45) is 8.88.